The van der Waals surface area contributed by atoms with Crippen LogP contribution in [0.25, 0.3) is 6.08 Å². The maximum Gasteiger partial charge on any atom is 0.529 e. The van der Waals surface area contributed by atoms with Crippen molar-refractivity contribution in [3.63, 3.8) is 0 Å². The van der Waals surface area contributed by atoms with Crippen LogP contribution in [0.3, 0.4) is 0 Å². The van der Waals surface area contributed by atoms with Crippen molar-refractivity contribution in [2.45, 2.75) is 62.7 Å². The third-order valence-corrected chi connectivity index (χ3v) is 9.19. The first-order chi connectivity index (χ1) is 22.9. The lowest BCUT2D eigenvalue weighted by atomic mass is 9.96. The van der Waals surface area contributed by atoms with Crippen LogP contribution in [-0.2, 0) is 34.6 Å². The van der Waals surface area contributed by atoms with Gasteiger partial charge < -0.3 is 14.4 Å². The zero-order chi connectivity index (χ0) is 34.5. The highest BCUT2D eigenvalue weighted by Gasteiger charge is 2.52. The number of non-ortho nitro benzene ring substituents is 1. The first kappa shape index (κ1) is 35.3. The SMILES string of the molecule is O=C(OP(=O)(O)OC[C@H]1O[C@@H](n2cc(/C=C/Br)c(=O)[nH]c2=O)C[C@@H]1O)C1(N(OCc2ccccc2)c2ccc([N+](=O)[O-])cc2)CCCC1. The molecule has 1 saturated carbocycles. The van der Waals surface area contributed by atoms with E-state index in [2.05, 4.69) is 20.9 Å². The van der Waals surface area contributed by atoms with E-state index in [1.807, 2.05) is 6.07 Å². The number of nitrogens with zero attached hydrogens (tertiary/aromatic N) is 3. The molecule has 0 spiro atoms. The number of nitro benzene ring substituents is 1. The van der Waals surface area contributed by atoms with Gasteiger partial charge in [0, 0.05) is 24.8 Å². The number of H-pyrrole nitrogens is 1. The number of carbonyl (C=O) groups is 1. The number of rotatable bonds is 13. The van der Waals surface area contributed by atoms with E-state index >= 15 is 0 Å². The highest BCUT2D eigenvalue weighted by Crippen LogP contribution is 2.49. The molecule has 256 valence electrons. The average molecular weight is 751 g/mol. The molecule has 2 heterocycles. The molecule has 1 saturated heterocycles. The van der Waals surface area contributed by atoms with Gasteiger partial charge in [-0.2, -0.15) is 0 Å². The number of anilines is 1. The minimum absolute atomic E-state index is 0.00446. The van der Waals surface area contributed by atoms with E-state index in [1.165, 1.54) is 46.6 Å². The average Bonchev–Trinajstić information content (AvgIpc) is 3.70. The smallest absolute Gasteiger partial charge is 0.390 e. The van der Waals surface area contributed by atoms with Crippen molar-refractivity contribution in [3.05, 3.63) is 108 Å². The number of hydroxylamine groups is 1. The minimum Gasteiger partial charge on any atom is -0.390 e. The molecular weight excluding hydrogens is 719 g/mol. The van der Waals surface area contributed by atoms with Crippen LogP contribution >= 0.6 is 23.8 Å². The van der Waals surface area contributed by atoms with Crippen LogP contribution in [0.15, 0.2) is 75.4 Å². The third kappa shape index (κ3) is 8.01. The van der Waals surface area contributed by atoms with Crippen LogP contribution in [0.5, 0.6) is 0 Å². The van der Waals surface area contributed by atoms with E-state index in [-0.39, 0.29) is 42.8 Å². The van der Waals surface area contributed by atoms with Gasteiger partial charge in [0.25, 0.3) is 11.2 Å². The Labute approximate surface area is 281 Å². The minimum atomic E-state index is -5.12. The van der Waals surface area contributed by atoms with Gasteiger partial charge in [0.2, 0.25) is 0 Å². The van der Waals surface area contributed by atoms with Crippen LogP contribution in [0, 0.1) is 10.1 Å². The molecule has 0 radical (unpaired) electrons. The van der Waals surface area contributed by atoms with Crippen molar-refractivity contribution >= 4 is 47.2 Å². The van der Waals surface area contributed by atoms with Gasteiger partial charge in [-0.1, -0.05) is 59.1 Å². The molecule has 16 nitrogen and oxygen atoms in total. The maximum atomic E-state index is 13.8. The van der Waals surface area contributed by atoms with Crippen molar-refractivity contribution in [1.29, 1.82) is 0 Å². The molecule has 1 aliphatic carbocycles. The summed E-state index contributed by atoms with van der Waals surface area (Å²) in [7, 11) is -5.12. The van der Waals surface area contributed by atoms with E-state index < -0.39 is 60.5 Å². The molecule has 48 heavy (non-hydrogen) atoms. The first-order valence-electron chi connectivity index (χ1n) is 14.8. The van der Waals surface area contributed by atoms with E-state index in [0.717, 1.165) is 10.1 Å². The normalized spacial score (nSPS) is 21.6. The third-order valence-electron chi connectivity index (χ3n) is 8.05. The predicted octanol–water partition coefficient (Wildman–Crippen LogP) is 4.07. The lowest BCUT2D eigenvalue weighted by molar-refractivity contribution is -0.384. The largest absolute Gasteiger partial charge is 0.529 e. The summed E-state index contributed by atoms with van der Waals surface area (Å²) in [5.74, 6) is -1.12. The molecular formula is C30H32BrN4O12P. The second-order valence-electron chi connectivity index (χ2n) is 11.2. The van der Waals surface area contributed by atoms with Crippen molar-refractivity contribution in [2.24, 2.45) is 0 Å². The fourth-order valence-electron chi connectivity index (χ4n) is 5.64. The monoisotopic (exact) mass is 750 g/mol. The Bertz CT molecular complexity index is 1810. The van der Waals surface area contributed by atoms with E-state index in [4.69, 9.17) is 18.6 Å². The summed E-state index contributed by atoms with van der Waals surface area (Å²) in [5, 5.41) is 23.1. The molecule has 2 fully saturated rings. The second kappa shape index (κ2) is 15.1. The molecule has 1 aromatic heterocycles. The lowest BCUT2D eigenvalue weighted by Crippen LogP contribution is -2.53. The molecule has 3 N–H and O–H groups in total. The number of hydrogen-bond donors (Lipinski definition) is 3. The quantitative estimate of drug-likeness (QED) is 0.128. The van der Waals surface area contributed by atoms with Crippen LogP contribution < -0.4 is 16.3 Å². The van der Waals surface area contributed by atoms with Gasteiger partial charge >= 0.3 is 19.5 Å². The highest BCUT2D eigenvalue weighted by atomic mass is 79.9. The van der Waals surface area contributed by atoms with Gasteiger partial charge in [-0.3, -0.25) is 38.7 Å². The van der Waals surface area contributed by atoms with Gasteiger partial charge in [-0.15, -0.1) is 0 Å². The van der Waals surface area contributed by atoms with E-state index in [9.17, 15) is 39.1 Å². The van der Waals surface area contributed by atoms with E-state index in [0.29, 0.717) is 12.8 Å². The summed E-state index contributed by atoms with van der Waals surface area (Å²) in [6, 6.07) is 14.4. The topological polar surface area (TPSA) is 213 Å². The van der Waals surface area contributed by atoms with Crippen molar-refractivity contribution < 1.29 is 42.9 Å². The zero-order valence-electron chi connectivity index (χ0n) is 25.3. The highest BCUT2D eigenvalue weighted by molar-refractivity contribution is 9.11. The summed E-state index contributed by atoms with van der Waals surface area (Å²) in [6.45, 7) is -0.681. The molecule has 4 atom stereocenters. The van der Waals surface area contributed by atoms with Gasteiger partial charge in [0.05, 0.1) is 35.5 Å². The molecule has 3 aromatic rings. The summed E-state index contributed by atoms with van der Waals surface area (Å²) >= 11 is 3.06. The number of halogens is 1. The van der Waals surface area contributed by atoms with E-state index in [1.54, 1.807) is 24.3 Å². The molecule has 5 rings (SSSR count). The molecule has 0 bridgehead atoms. The number of aromatic amines is 1. The maximum absolute atomic E-state index is 13.8. The number of ether oxygens (including phenoxy) is 1. The molecule has 1 aliphatic heterocycles. The number of aliphatic hydroxyl groups is 1. The van der Waals surface area contributed by atoms with Crippen LogP contribution in [-0.4, -0.2) is 54.8 Å². The van der Waals surface area contributed by atoms with Crippen molar-refractivity contribution in [2.75, 3.05) is 11.7 Å². The number of hydrogen-bond acceptors (Lipinski definition) is 12. The van der Waals surface area contributed by atoms with Crippen LogP contribution in [0.4, 0.5) is 11.4 Å². The number of benzene rings is 2. The molecule has 1 unspecified atom stereocenters. The number of phosphoric acid groups is 1. The summed E-state index contributed by atoms with van der Waals surface area (Å²) in [6.07, 6.45) is 0.487. The fourth-order valence-corrected chi connectivity index (χ4v) is 6.69. The molecule has 2 aromatic carbocycles. The first-order valence-corrected chi connectivity index (χ1v) is 17.2. The van der Waals surface area contributed by atoms with Crippen molar-refractivity contribution in [3.8, 4) is 0 Å². The fraction of sp³-hybridized carbons (Fsp3) is 0.367. The predicted molar refractivity (Wildman–Crippen MR) is 174 cm³/mol. The van der Waals surface area contributed by atoms with Gasteiger partial charge in [-0.25, -0.2) is 19.2 Å². The lowest BCUT2D eigenvalue weighted by Gasteiger charge is -2.39. The molecule has 2 aliphatic rings. The summed E-state index contributed by atoms with van der Waals surface area (Å²) in [5.41, 5.74) is -2.02. The standard InChI is InChI=1S/C30H32BrN4O12P/c31-15-12-21-17-33(29(39)32-27(21)37)26-16-24(36)25(46-26)19-45-48(42,43)47-28(38)30(13-4-5-14-30)34(44-18-20-6-2-1-3-7-20)22-8-10-23(11-9-22)35(40)41/h1-3,6-12,15,17,24-26,36H,4-5,13-14,16,18-19H2,(H,42,43)(H,32,37,39)/b15-12+/t24-,25+,26+/m0/s1. The van der Waals surface area contributed by atoms with Crippen LogP contribution in [0.1, 0.15) is 49.5 Å². The Morgan fingerprint density at radius 3 is 2.52 bits per heavy atom. The van der Waals surface area contributed by atoms with Crippen molar-refractivity contribution in [1.82, 2.24) is 9.55 Å². The van der Waals surface area contributed by atoms with Gasteiger partial charge in [0.15, 0.2) is 5.54 Å². The Morgan fingerprint density at radius 2 is 1.88 bits per heavy atom. The Balaban J connectivity index is 1.31. The molecule has 0 amide bonds. The van der Waals surface area contributed by atoms with Gasteiger partial charge in [-0.05, 0) is 41.6 Å². The Morgan fingerprint density at radius 1 is 1.19 bits per heavy atom. The number of aliphatic hydroxyl groups excluding tert-OH is 1. The Kier molecular flexibility index (Phi) is 11.1. The molecule has 18 heteroatoms. The summed E-state index contributed by atoms with van der Waals surface area (Å²) in [4.78, 5) is 69.3. The second-order valence-corrected chi connectivity index (χ2v) is 13.1. The van der Waals surface area contributed by atoms with Gasteiger partial charge in [0.1, 0.15) is 12.3 Å². The number of carbonyl (C=O) groups excluding carboxylic acids is 1. The zero-order valence-corrected chi connectivity index (χ0v) is 27.7. The number of phosphoric ester groups is 1. The Hall–Kier alpha value is -3.96. The number of nitro groups is 1. The number of aromatic nitrogens is 2. The van der Waals surface area contributed by atoms with Crippen LogP contribution in [0.2, 0.25) is 0 Å². The number of nitrogens with one attached hydrogen (secondary N) is 1. The summed E-state index contributed by atoms with van der Waals surface area (Å²) < 4.78 is 30.1.